The van der Waals surface area contributed by atoms with E-state index in [0.29, 0.717) is 0 Å². The van der Waals surface area contributed by atoms with Crippen LogP contribution in [-0.2, 0) is 0 Å². The fraction of sp³-hybridized carbons (Fsp3) is 1.00. The van der Waals surface area contributed by atoms with Crippen LogP contribution >= 0.6 is 24.8 Å². The molecule has 1 unspecified atom stereocenters. The van der Waals surface area contributed by atoms with Gasteiger partial charge in [0.15, 0.2) is 0 Å². The number of hydrogen-bond acceptors (Lipinski definition) is 3. The van der Waals surface area contributed by atoms with E-state index in [0.717, 1.165) is 25.4 Å². The monoisotopic (exact) mass is 270 g/mol. The zero-order chi connectivity index (χ0) is 9.80. The van der Waals surface area contributed by atoms with E-state index in [1.165, 1.54) is 38.9 Å². The van der Waals surface area contributed by atoms with Crippen molar-refractivity contribution >= 4 is 24.8 Å². The molecule has 0 bridgehead atoms. The summed E-state index contributed by atoms with van der Waals surface area (Å²) in [6, 6.07) is 0. The maximum Gasteiger partial charge on any atom is 0.0679 e. The number of likely N-dealkylation sites (tertiary alicyclic amines) is 1. The number of nitrogens with one attached hydrogen (secondary N) is 1. The van der Waals surface area contributed by atoms with Gasteiger partial charge < -0.3 is 15.3 Å². The van der Waals surface area contributed by atoms with Gasteiger partial charge in [0.1, 0.15) is 0 Å². The fourth-order valence-electron chi connectivity index (χ4n) is 2.55. The number of β-amino-alcohol motifs (C(OH)–C–C–N with tert-alkyl or cyclic N) is 1. The van der Waals surface area contributed by atoms with E-state index in [-0.39, 0.29) is 30.9 Å². The first-order valence-electron chi connectivity index (χ1n) is 5.96. The number of piperidine rings is 1. The van der Waals surface area contributed by atoms with Crippen LogP contribution in [0.15, 0.2) is 0 Å². The summed E-state index contributed by atoms with van der Waals surface area (Å²) in [7, 11) is 0. The highest BCUT2D eigenvalue weighted by atomic mass is 35.5. The number of aliphatic hydroxyl groups is 1. The van der Waals surface area contributed by atoms with Gasteiger partial charge in [-0.25, -0.2) is 0 Å². The molecule has 0 aliphatic carbocycles. The molecule has 98 valence electrons. The number of nitrogens with zero attached hydrogens (tertiary/aromatic N) is 1. The lowest BCUT2D eigenvalue weighted by Crippen LogP contribution is -2.31. The molecule has 2 rings (SSSR count). The van der Waals surface area contributed by atoms with Crippen LogP contribution in [0.3, 0.4) is 0 Å². The number of rotatable bonds is 3. The van der Waals surface area contributed by atoms with Gasteiger partial charge in [-0.1, -0.05) is 0 Å². The Labute approximate surface area is 111 Å². The number of hydrogen-bond donors (Lipinski definition) is 2. The molecule has 0 spiro atoms. The summed E-state index contributed by atoms with van der Waals surface area (Å²) in [4.78, 5) is 2.41. The minimum atomic E-state index is -0.0528. The van der Waals surface area contributed by atoms with Crippen LogP contribution in [0.2, 0.25) is 0 Å². The molecule has 0 aromatic heterocycles. The van der Waals surface area contributed by atoms with Crippen molar-refractivity contribution in [2.45, 2.75) is 31.8 Å². The summed E-state index contributed by atoms with van der Waals surface area (Å²) in [5.41, 5.74) is 0. The predicted molar refractivity (Wildman–Crippen MR) is 71.8 cm³/mol. The zero-order valence-corrected chi connectivity index (χ0v) is 11.4. The summed E-state index contributed by atoms with van der Waals surface area (Å²) < 4.78 is 0. The van der Waals surface area contributed by atoms with Crippen molar-refractivity contribution < 1.29 is 5.11 Å². The summed E-state index contributed by atoms with van der Waals surface area (Å²) in [5, 5.41) is 12.8. The van der Waals surface area contributed by atoms with Gasteiger partial charge in [0, 0.05) is 13.1 Å². The van der Waals surface area contributed by atoms with Crippen molar-refractivity contribution in [3.8, 4) is 0 Å². The van der Waals surface area contributed by atoms with E-state index in [9.17, 15) is 5.11 Å². The molecule has 16 heavy (non-hydrogen) atoms. The maximum absolute atomic E-state index is 9.38. The lowest BCUT2D eigenvalue weighted by Gasteiger charge is -2.24. The van der Waals surface area contributed by atoms with E-state index in [2.05, 4.69) is 10.2 Å². The van der Waals surface area contributed by atoms with Crippen LogP contribution < -0.4 is 5.32 Å². The smallest absolute Gasteiger partial charge is 0.0679 e. The molecule has 2 N–H and O–H groups in total. The fourth-order valence-corrected chi connectivity index (χ4v) is 2.55. The molecule has 2 heterocycles. The first-order chi connectivity index (χ1) is 6.84. The lowest BCUT2D eigenvalue weighted by molar-refractivity contribution is 0.172. The van der Waals surface area contributed by atoms with Gasteiger partial charge in [0.05, 0.1) is 6.10 Å². The van der Waals surface area contributed by atoms with Crippen molar-refractivity contribution in [1.29, 1.82) is 0 Å². The van der Waals surface area contributed by atoms with E-state index in [4.69, 9.17) is 0 Å². The van der Waals surface area contributed by atoms with E-state index < -0.39 is 0 Å². The van der Waals surface area contributed by atoms with Crippen LogP contribution in [0.1, 0.15) is 25.7 Å². The molecule has 2 fully saturated rings. The molecule has 3 nitrogen and oxygen atoms in total. The van der Waals surface area contributed by atoms with Crippen LogP contribution in [0.4, 0.5) is 0 Å². The molecule has 1 atom stereocenters. The normalized spacial score (nSPS) is 27.2. The van der Waals surface area contributed by atoms with Gasteiger partial charge in [0.2, 0.25) is 0 Å². The molecule has 0 radical (unpaired) electrons. The summed E-state index contributed by atoms with van der Waals surface area (Å²) in [5.74, 6) is 0.925. The molecule has 0 saturated carbocycles. The van der Waals surface area contributed by atoms with E-state index >= 15 is 0 Å². The van der Waals surface area contributed by atoms with Crippen LogP contribution in [0.5, 0.6) is 0 Å². The third-order valence-electron chi connectivity index (χ3n) is 3.56. The Morgan fingerprint density at radius 1 is 1.12 bits per heavy atom. The average Bonchev–Trinajstić information content (AvgIpc) is 2.63. The SMILES string of the molecule is Cl.Cl.OC1CCN(CCC2CCNCC2)C1. The molecule has 2 saturated heterocycles. The highest BCUT2D eigenvalue weighted by Crippen LogP contribution is 2.18. The van der Waals surface area contributed by atoms with Gasteiger partial charge in [-0.05, 0) is 51.2 Å². The third-order valence-corrected chi connectivity index (χ3v) is 3.56. The van der Waals surface area contributed by atoms with Gasteiger partial charge in [-0.3, -0.25) is 0 Å². The topological polar surface area (TPSA) is 35.5 Å². The Morgan fingerprint density at radius 3 is 2.38 bits per heavy atom. The van der Waals surface area contributed by atoms with Crippen LogP contribution in [-0.4, -0.2) is 48.8 Å². The van der Waals surface area contributed by atoms with Crippen molar-refractivity contribution in [1.82, 2.24) is 10.2 Å². The highest BCUT2D eigenvalue weighted by Gasteiger charge is 2.21. The number of halogens is 2. The minimum Gasteiger partial charge on any atom is -0.392 e. The first kappa shape index (κ1) is 16.5. The van der Waals surface area contributed by atoms with Gasteiger partial charge in [-0.15, -0.1) is 24.8 Å². The van der Waals surface area contributed by atoms with Crippen LogP contribution in [0, 0.1) is 5.92 Å². The predicted octanol–water partition coefficient (Wildman–Crippen LogP) is 1.29. The Hall–Kier alpha value is 0.460. The second-order valence-corrected chi connectivity index (χ2v) is 4.73. The largest absolute Gasteiger partial charge is 0.392 e. The Bertz CT molecular complexity index is 173. The molecule has 0 aromatic carbocycles. The van der Waals surface area contributed by atoms with Crippen molar-refractivity contribution in [3.63, 3.8) is 0 Å². The summed E-state index contributed by atoms with van der Waals surface area (Å²) in [6.07, 6.45) is 4.94. The second kappa shape index (κ2) is 8.54. The summed E-state index contributed by atoms with van der Waals surface area (Å²) in [6.45, 7) is 5.61. The molecule has 5 heteroatoms. The molecule has 2 aliphatic heterocycles. The Kier molecular flexibility index (Phi) is 8.78. The first-order valence-corrected chi connectivity index (χ1v) is 5.96. The zero-order valence-electron chi connectivity index (χ0n) is 9.73. The summed E-state index contributed by atoms with van der Waals surface area (Å²) >= 11 is 0. The number of aliphatic hydroxyl groups excluding tert-OH is 1. The third kappa shape index (κ3) is 5.19. The van der Waals surface area contributed by atoms with Gasteiger partial charge in [-0.2, -0.15) is 0 Å². The Balaban J connectivity index is 0.00000112. The van der Waals surface area contributed by atoms with Crippen molar-refractivity contribution in [2.24, 2.45) is 5.92 Å². The molecular formula is C11H24Cl2N2O. The van der Waals surface area contributed by atoms with Gasteiger partial charge in [0.25, 0.3) is 0 Å². The standard InChI is InChI=1S/C11H22N2O.2ClH/c14-11-4-8-13(9-11)7-3-10-1-5-12-6-2-10;;/h10-12,14H,1-9H2;2*1H. The quantitative estimate of drug-likeness (QED) is 0.812. The van der Waals surface area contributed by atoms with Gasteiger partial charge >= 0.3 is 0 Å². The highest BCUT2D eigenvalue weighted by molar-refractivity contribution is 5.85. The maximum atomic E-state index is 9.38. The Morgan fingerprint density at radius 2 is 1.81 bits per heavy atom. The minimum absolute atomic E-state index is 0. The molecule has 2 aliphatic rings. The molecule has 0 amide bonds. The van der Waals surface area contributed by atoms with E-state index in [1.54, 1.807) is 0 Å². The molecular weight excluding hydrogens is 247 g/mol. The van der Waals surface area contributed by atoms with Crippen molar-refractivity contribution in [3.05, 3.63) is 0 Å². The van der Waals surface area contributed by atoms with Crippen molar-refractivity contribution in [2.75, 3.05) is 32.7 Å². The molecule has 0 aromatic rings. The average molecular weight is 271 g/mol. The van der Waals surface area contributed by atoms with E-state index in [1.807, 2.05) is 0 Å². The van der Waals surface area contributed by atoms with Crippen LogP contribution in [0.25, 0.3) is 0 Å². The lowest BCUT2D eigenvalue weighted by atomic mass is 9.94. The second-order valence-electron chi connectivity index (χ2n) is 4.73.